The summed E-state index contributed by atoms with van der Waals surface area (Å²) in [6.07, 6.45) is -0.0581. The highest BCUT2D eigenvalue weighted by atomic mass is 16.3. The molecular weight excluding hydrogens is 392 g/mol. The van der Waals surface area contributed by atoms with Crippen LogP contribution < -0.4 is 5.56 Å². The van der Waals surface area contributed by atoms with Crippen LogP contribution in [0.15, 0.2) is 77.6 Å². The van der Waals surface area contributed by atoms with E-state index in [4.69, 9.17) is 0 Å². The summed E-state index contributed by atoms with van der Waals surface area (Å²) in [5, 5.41) is 14.5. The van der Waals surface area contributed by atoms with E-state index in [2.05, 4.69) is 10.1 Å². The Morgan fingerprint density at radius 1 is 1.03 bits per heavy atom. The molecule has 7 nitrogen and oxygen atoms in total. The lowest BCUT2D eigenvalue weighted by atomic mass is 9.99. The molecule has 1 fully saturated rings. The van der Waals surface area contributed by atoms with Gasteiger partial charge in [0, 0.05) is 36.2 Å². The molecule has 1 aliphatic rings. The molecular formula is C24H22N4O3. The van der Waals surface area contributed by atoms with Gasteiger partial charge in [-0.3, -0.25) is 19.7 Å². The van der Waals surface area contributed by atoms with Gasteiger partial charge in [0.15, 0.2) is 0 Å². The molecule has 0 bridgehead atoms. The Kier molecular flexibility index (Phi) is 4.88. The first kappa shape index (κ1) is 19.3. The number of hydrogen-bond donors (Lipinski definition) is 2. The number of aliphatic hydroxyl groups excluding tert-OH is 1. The number of aromatic amines is 1. The number of aromatic nitrogens is 3. The van der Waals surface area contributed by atoms with Crippen molar-refractivity contribution in [1.29, 1.82) is 0 Å². The molecule has 2 aromatic carbocycles. The van der Waals surface area contributed by atoms with E-state index in [-0.39, 0.29) is 29.6 Å². The largest absolute Gasteiger partial charge is 0.391 e. The van der Waals surface area contributed by atoms with Gasteiger partial charge in [0.1, 0.15) is 5.69 Å². The fourth-order valence-corrected chi connectivity index (χ4v) is 4.16. The highest BCUT2D eigenvalue weighted by Gasteiger charge is 2.35. The first-order chi connectivity index (χ1) is 15.1. The maximum absolute atomic E-state index is 13.0. The normalized spacial score (nSPS) is 18.5. The Hall–Kier alpha value is -3.71. The van der Waals surface area contributed by atoms with Gasteiger partial charge in [-0.15, -0.1) is 0 Å². The summed E-state index contributed by atoms with van der Waals surface area (Å²) in [6.45, 7) is 0.642. The number of benzene rings is 2. The quantitative estimate of drug-likeness (QED) is 0.536. The molecule has 2 atom stereocenters. The van der Waals surface area contributed by atoms with Gasteiger partial charge in [-0.05, 0) is 30.7 Å². The summed E-state index contributed by atoms with van der Waals surface area (Å²) in [4.78, 5) is 31.6. The van der Waals surface area contributed by atoms with Gasteiger partial charge in [-0.1, -0.05) is 42.5 Å². The van der Waals surface area contributed by atoms with E-state index >= 15 is 0 Å². The minimum atomic E-state index is -0.639. The van der Waals surface area contributed by atoms with Gasteiger partial charge in [-0.2, -0.15) is 0 Å². The number of fused-ring (bicyclic) bond motifs is 1. The van der Waals surface area contributed by atoms with Gasteiger partial charge in [0.05, 0.1) is 17.3 Å². The molecule has 7 heteroatoms. The van der Waals surface area contributed by atoms with E-state index in [9.17, 15) is 14.7 Å². The molecule has 0 aliphatic carbocycles. The minimum absolute atomic E-state index is 0.111. The molecule has 3 heterocycles. The number of rotatable bonds is 4. The zero-order valence-electron chi connectivity index (χ0n) is 16.8. The summed E-state index contributed by atoms with van der Waals surface area (Å²) < 4.78 is 1.34. The molecule has 5 rings (SSSR count). The van der Waals surface area contributed by atoms with Crippen LogP contribution in [-0.4, -0.2) is 49.9 Å². The van der Waals surface area contributed by atoms with Crippen molar-refractivity contribution < 1.29 is 9.90 Å². The number of likely N-dealkylation sites (tertiary alicyclic amines) is 1. The van der Waals surface area contributed by atoms with Crippen molar-refractivity contribution in [3.63, 3.8) is 0 Å². The van der Waals surface area contributed by atoms with Crippen molar-refractivity contribution in [2.45, 2.75) is 12.5 Å². The number of aliphatic hydroxyl groups is 1. The van der Waals surface area contributed by atoms with E-state index in [0.29, 0.717) is 18.7 Å². The Balaban J connectivity index is 1.32. The van der Waals surface area contributed by atoms with Crippen molar-refractivity contribution in [2.24, 2.45) is 5.92 Å². The number of pyridine rings is 1. The van der Waals surface area contributed by atoms with Gasteiger partial charge in [0.25, 0.3) is 11.5 Å². The van der Waals surface area contributed by atoms with Crippen LogP contribution in [-0.2, 0) is 6.42 Å². The van der Waals surface area contributed by atoms with Gasteiger partial charge < -0.3 is 10.0 Å². The second-order valence-corrected chi connectivity index (χ2v) is 7.92. The third-order valence-electron chi connectivity index (χ3n) is 5.79. The summed E-state index contributed by atoms with van der Waals surface area (Å²) >= 11 is 0. The lowest BCUT2D eigenvalue weighted by Crippen LogP contribution is -2.30. The van der Waals surface area contributed by atoms with Gasteiger partial charge >= 0.3 is 0 Å². The standard InChI is InChI=1S/C24H22N4O3/c29-22-15-27(14-17(22)12-18-11-10-16-6-4-5-9-20(16)25-18)24(31)21-13-23(30)28(26-21)19-7-2-1-3-8-19/h1-11,13,17,22,26,29H,12,14-15H2/t17-,22-/m1/s1. The fraction of sp³-hybridized carbons (Fsp3) is 0.208. The molecule has 156 valence electrons. The van der Waals surface area contributed by atoms with Crippen LogP contribution in [0.3, 0.4) is 0 Å². The molecule has 31 heavy (non-hydrogen) atoms. The molecule has 0 radical (unpaired) electrons. The van der Waals surface area contributed by atoms with Gasteiger partial charge in [0.2, 0.25) is 0 Å². The molecule has 2 aromatic heterocycles. The SMILES string of the molecule is O=C(c1cc(=O)n(-c2ccccc2)[nH]1)N1C[C@@H](Cc2ccc3ccccc3n2)[C@H](O)C1. The number of amides is 1. The maximum Gasteiger partial charge on any atom is 0.272 e. The van der Waals surface area contributed by atoms with Crippen molar-refractivity contribution in [3.8, 4) is 5.69 Å². The zero-order valence-corrected chi connectivity index (χ0v) is 16.8. The van der Waals surface area contributed by atoms with Crippen molar-refractivity contribution in [3.05, 3.63) is 94.5 Å². The number of carbonyl (C=O) groups excluding carboxylic acids is 1. The Bertz CT molecular complexity index is 1290. The zero-order chi connectivity index (χ0) is 21.4. The van der Waals surface area contributed by atoms with Crippen molar-refractivity contribution in [2.75, 3.05) is 13.1 Å². The average Bonchev–Trinajstić information content (AvgIpc) is 3.36. The maximum atomic E-state index is 13.0. The number of para-hydroxylation sites is 2. The highest BCUT2D eigenvalue weighted by Crippen LogP contribution is 2.23. The molecule has 4 aromatic rings. The van der Waals surface area contributed by atoms with E-state index in [0.717, 1.165) is 16.6 Å². The third kappa shape index (κ3) is 3.75. The summed E-state index contributed by atoms with van der Waals surface area (Å²) in [5.74, 6) is -0.402. The Morgan fingerprint density at radius 2 is 1.81 bits per heavy atom. The van der Waals surface area contributed by atoms with Crippen LogP contribution in [0.25, 0.3) is 16.6 Å². The third-order valence-corrected chi connectivity index (χ3v) is 5.79. The number of H-pyrrole nitrogens is 1. The lowest BCUT2D eigenvalue weighted by Gasteiger charge is -2.15. The number of hydrogen-bond acceptors (Lipinski definition) is 4. The number of nitrogens with one attached hydrogen (secondary N) is 1. The van der Waals surface area contributed by atoms with Crippen LogP contribution >= 0.6 is 0 Å². The van der Waals surface area contributed by atoms with Crippen LogP contribution in [0.1, 0.15) is 16.2 Å². The monoisotopic (exact) mass is 414 g/mol. The molecule has 0 saturated carbocycles. The Labute approximate surface area is 178 Å². The van der Waals surface area contributed by atoms with E-state index in [1.54, 1.807) is 17.0 Å². The first-order valence-electron chi connectivity index (χ1n) is 10.3. The fourth-order valence-electron chi connectivity index (χ4n) is 4.16. The molecule has 1 aliphatic heterocycles. The molecule has 0 unspecified atom stereocenters. The van der Waals surface area contributed by atoms with Crippen LogP contribution in [0, 0.1) is 5.92 Å². The van der Waals surface area contributed by atoms with E-state index in [1.807, 2.05) is 54.6 Å². The number of carbonyl (C=O) groups is 1. The van der Waals surface area contributed by atoms with Crippen LogP contribution in [0.2, 0.25) is 0 Å². The topological polar surface area (TPSA) is 91.2 Å². The summed E-state index contributed by atoms with van der Waals surface area (Å²) in [5.41, 5.74) is 2.38. The predicted molar refractivity (Wildman–Crippen MR) is 117 cm³/mol. The van der Waals surface area contributed by atoms with E-state index in [1.165, 1.54) is 10.7 Å². The first-order valence-corrected chi connectivity index (χ1v) is 10.3. The molecule has 2 N–H and O–H groups in total. The Morgan fingerprint density at radius 3 is 2.65 bits per heavy atom. The van der Waals surface area contributed by atoms with Crippen molar-refractivity contribution >= 4 is 16.8 Å². The minimum Gasteiger partial charge on any atom is -0.391 e. The van der Waals surface area contributed by atoms with E-state index < -0.39 is 6.10 Å². The summed E-state index contributed by atoms with van der Waals surface area (Å²) in [7, 11) is 0. The second-order valence-electron chi connectivity index (χ2n) is 7.92. The number of β-amino-alcohol motifs (C(OH)–C–C–N with tert-alkyl or cyclic N) is 1. The number of nitrogens with zero attached hydrogens (tertiary/aromatic N) is 3. The predicted octanol–water partition coefficient (Wildman–Crippen LogP) is 2.39. The average molecular weight is 414 g/mol. The smallest absolute Gasteiger partial charge is 0.272 e. The van der Waals surface area contributed by atoms with Gasteiger partial charge in [-0.25, -0.2) is 4.68 Å². The highest BCUT2D eigenvalue weighted by molar-refractivity contribution is 5.92. The lowest BCUT2D eigenvalue weighted by molar-refractivity contribution is 0.0758. The second kappa shape index (κ2) is 7.85. The van der Waals surface area contributed by atoms with Crippen molar-refractivity contribution in [1.82, 2.24) is 19.7 Å². The molecule has 1 amide bonds. The summed E-state index contributed by atoms with van der Waals surface area (Å²) in [6, 6.07) is 22.3. The van der Waals surface area contributed by atoms with Crippen LogP contribution in [0.4, 0.5) is 0 Å². The van der Waals surface area contributed by atoms with Crippen LogP contribution in [0.5, 0.6) is 0 Å². The molecule has 0 spiro atoms. The molecule has 1 saturated heterocycles.